The lowest BCUT2D eigenvalue weighted by Crippen LogP contribution is -1.96. The molecule has 0 saturated heterocycles. The molecule has 5 nitrogen and oxygen atoms in total. The van der Waals surface area contributed by atoms with Gasteiger partial charge in [0, 0.05) is 46.6 Å². The molecule has 7 heteroatoms. The Bertz CT molecular complexity index is 1280. The molecular weight excluding hydrogens is 410 g/mol. The van der Waals surface area contributed by atoms with Gasteiger partial charge in [-0.15, -0.1) is 24.0 Å². The summed E-state index contributed by atoms with van der Waals surface area (Å²) in [5.74, 6) is 0. The Labute approximate surface area is 184 Å². The number of thiazole rings is 1. The molecule has 2 aromatic carbocycles. The summed E-state index contributed by atoms with van der Waals surface area (Å²) in [6.07, 6.45) is 7.72. The fraction of sp³-hybridized carbons (Fsp3) is 0.0435. The molecule has 0 radical (unpaired) electrons. The van der Waals surface area contributed by atoms with Gasteiger partial charge in [-0.05, 0) is 48.9 Å². The van der Waals surface area contributed by atoms with E-state index >= 15 is 0 Å². The predicted molar refractivity (Wildman–Crippen MR) is 126 cm³/mol. The maximum absolute atomic E-state index is 4.79. The molecule has 0 spiro atoms. The fourth-order valence-corrected chi connectivity index (χ4v) is 4.16. The lowest BCUT2D eigenvalue weighted by Gasteiger charge is -2.10. The minimum Gasteiger partial charge on any atom is -0.331 e. The molecule has 3 aromatic heterocycles. The molecule has 0 amide bonds. The Hall–Kier alpha value is -3.29. The molecule has 1 N–H and O–H groups in total. The van der Waals surface area contributed by atoms with Gasteiger partial charge in [-0.1, -0.05) is 18.2 Å². The van der Waals surface area contributed by atoms with Crippen LogP contribution in [0.15, 0.2) is 89.9 Å². The maximum atomic E-state index is 4.79. The summed E-state index contributed by atoms with van der Waals surface area (Å²) in [5, 5.41) is 7.12. The molecule has 0 aliphatic carbocycles. The van der Waals surface area contributed by atoms with E-state index in [9.17, 15) is 0 Å². The maximum Gasteiger partial charge on any atom is 0.187 e. The summed E-state index contributed by atoms with van der Waals surface area (Å²) in [6.45, 7) is 2.10. The highest BCUT2D eigenvalue weighted by atomic mass is 32.1. The first-order valence-corrected chi connectivity index (χ1v) is 10.8. The zero-order chi connectivity index (χ0) is 20.5. The topological polar surface area (TPSA) is 47.7 Å². The second-order valence-electron chi connectivity index (χ2n) is 6.94. The number of rotatable bonds is 5. The number of imidazole rings is 1. The number of anilines is 2. The second-order valence-corrected chi connectivity index (χ2v) is 8.25. The van der Waals surface area contributed by atoms with Crippen molar-refractivity contribution in [3.05, 3.63) is 90.5 Å². The third-order valence-corrected chi connectivity index (χ3v) is 5.89. The van der Waals surface area contributed by atoms with E-state index in [-0.39, 0.29) is 0 Å². The van der Waals surface area contributed by atoms with Gasteiger partial charge in [0.2, 0.25) is 0 Å². The van der Waals surface area contributed by atoms with Crippen LogP contribution in [0.3, 0.4) is 0 Å². The van der Waals surface area contributed by atoms with Crippen LogP contribution in [0, 0.1) is 6.92 Å². The number of benzene rings is 2. The van der Waals surface area contributed by atoms with E-state index in [4.69, 9.17) is 4.98 Å². The first-order valence-electron chi connectivity index (χ1n) is 9.46. The molecule has 5 rings (SSSR count). The van der Waals surface area contributed by atoms with Crippen LogP contribution in [0.25, 0.3) is 22.6 Å². The van der Waals surface area contributed by atoms with Gasteiger partial charge >= 0.3 is 0 Å². The first kappa shape index (κ1) is 18.7. The molecule has 0 unspecified atom stereocenters. The van der Waals surface area contributed by atoms with Crippen LogP contribution < -0.4 is 5.32 Å². The van der Waals surface area contributed by atoms with Gasteiger partial charge in [0.1, 0.15) is 11.4 Å². The van der Waals surface area contributed by atoms with E-state index in [1.165, 1.54) is 5.56 Å². The summed E-state index contributed by atoms with van der Waals surface area (Å²) in [4.78, 5) is 8.94. The van der Waals surface area contributed by atoms with Crippen molar-refractivity contribution in [3.8, 4) is 22.6 Å². The minimum atomic E-state index is 0.699. The monoisotopic (exact) mass is 429 g/mol. The Morgan fingerprint density at radius 2 is 1.73 bits per heavy atom. The number of thiol groups is 1. The summed E-state index contributed by atoms with van der Waals surface area (Å²) < 4.78 is 4.04. The normalized spacial score (nSPS) is 11.0. The van der Waals surface area contributed by atoms with Crippen LogP contribution in [-0.4, -0.2) is 19.1 Å². The van der Waals surface area contributed by atoms with Crippen molar-refractivity contribution in [1.82, 2.24) is 19.1 Å². The zero-order valence-corrected chi connectivity index (χ0v) is 17.9. The zero-order valence-electron chi connectivity index (χ0n) is 16.2. The highest BCUT2D eigenvalue weighted by Gasteiger charge is 2.08. The SMILES string of the molecule is Cc1ccc(-n2cccc2)cc1Nc1nc(-c2ccc(-n3cnc(S)c3)cc2)cs1. The fourth-order valence-electron chi connectivity index (χ4n) is 3.25. The van der Waals surface area contributed by atoms with Crippen LogP contribution in [0.2, 0.25) is 0 Å². The van der Waals surface area contributed by atoms with E-state index in [2.05, 4.69) is 82.3 Å². The Morgan fingerprint density at radius 3 is 2.47 bits per heavy atom. The van der Waals surface area contributed by atoms with E-state index < -0.39 is 0 Å². The van der Waals surface area contributed by atoms with Gasteiger partial charge in [0.15, 0.2) is 5.13 Å². The van der Waals surface area contributed by atoms with Crippen LogP contribution in [-0.2, 0) is 0 Å². The molecule has 3 heterocycles. The number of aromatic nitrogens is 4. The van der Waals surface area contributed by atoms with E-state index in [0.29, 0.717) is 5.03 Å². The van der Waals surface area contributed by atoms with Crippen LogP contribution in [0.1, 0.15) is 5.56 Å². The molecule has 0 aliphatic heterocycles. The third kappa shape index (κ3) is 3.77. The highest BCUT2D eigenvalue weighted by Crippen LogP contribution is 2.30. The minimum absolute atomic E-state index is 0.699. The lowest BCUT2D eigenvalue weighted by molar-refractivity contribution is 1.06. The van der Waals surface area contributed by atoms with E-state index in [0.717, 1.165) is 33.5 Å². The Morgan fingerprint density at radius 1 is 0.967 bits per heavy atom. The molecule has 0 atom stereocenters. The van der Waals surface area contributed by atoms with Gasteiger partial charge < -0.3 is 14.5 Å². The van der Waals surface area contributed by atoms with Gasteiger partial charge in [-0.3, -0.25) is 0 Å². The van der Waals surface area contributed by atoms with Crippen molar-refractivity contribution >= 4 is 34.8 Å². The van der Waals surface area contributed by atoms with Gasteiger partial charge in [0.05, 0.1) is 5.69 Å². The molecule has 5 aromatic rings. The van der Waals surface area contributed by atoms with Crippen molar-refractivity contribution in [1.29, 1.82) is 0 Å². The molecule has 0 aliphatic rings. The van der Waals surface area contributed by atoms with E-state index in [1.807, 2.05) is 35.3 Å². The van der Waals surface area contributed by atoms with Crippen LogP contribution in [0.4, 0.5) is 10.8 Å². The van der Waals surface area contributed by atoms with Crippen molar-refractivity contribution < 1.29 is 0 Å². The van der Waals surface area contributed by atoms with Gasteiger partial charge in [-0.25, -0.2) is 9.97 Å². The van der Waals surface area contributed by atoms with Crippen molar-refractivity contribution in [2.24, 2.45) is 0 Å². The largest absolute Gasteiger partial charge is 0.331 e. The summed E-state index contributed by atoms with van der Waals surface area (Å²) in [5.41, 5.74) is 6.42. The highest BCUT2D eigenvalue weighted by molar-refractivity contribution is 7.80. The number of hydrogen-bond donors (Lipinski definition) is 2. The molecule has 0 bridgehead atoms. The van der Waals surface area contributed by atoms with Crippen molar-refractivity contribution in [2.45, 2.75) is 11.9 Å². The average molecular weight is 430 g/mol. The average Bonchev–Trinajstić information content (AvgIpc) is 3.52. The van der Waals surface area contributed by atoms with Crippen LogP contribution >= 0.6 is 24.0 Å². The number of hydrogen-bond acceptors (Lipinski definition) is 5. The lowest BCUT2D eigenvalue weighted by atomic mass is 10.1. The number of nitrogens with zero attached hydrogens (tertiary/aromatic N) is 4. The van der Waals surface area contributed by atoms with Crippen molar-refractivity contribution in [3.63, 3.8) is 0 Å². The smallest absolute Gasteiger partial charge is 0.187 e. The molecule has 30 heavy (non-hydrogen) atoms. The molecule has 148 valence electrons. The molecular formula is C23H19N5S2. The molecule has 0 fully saturated rings. The van der Waals surface area contributed by atoms with Crippen LogP contribution in [0.5, 0.6) is 0 Å². The van der Waals surface area contributed by atoms with E-state index in [1.54, 1.807) is 17.7 Å². The second kappa shape index (κ2) is 7.85. The summed E-state index contributed by atoms with van der Waals surface area (Å²) in [7, 11) is 0. The number of nitrogens with one attached hydrogen (secondary N) is 1. The predicted octanol–water partition coefficient (Wildman–Crippen LogP) is 6.13. The third-order valence-electron chi connectivity index (χ3n) is 4.90. The van der Waals surface area contributed by atoms with Crippen molar-refractivity contribution in [2.75, 3.05) is 5.32 Å². The Kier molecular flexibility index (Phi) is 4.90. The molecule has 0 saturated carbocycles. The first-order chi connectivity index (χ1) is 14.7. The number of aryl methyl sites for hydroxylation is 1. The summed E-state index contributed by atoms with van der Waals surface area (Å²) in [6, 6.07) is 18.7. The standard InChI is InChI=1S/C23H19N5S2/c1-16-4-7-19(27-10-2-3-11-27)12-20(16)25-23-26-21(14-30-23)17-5-8-18(9-6-17)28-13-22(29)24-15-28/h2-15,29H,1H3,(H,25,26). The Balaban J connectivity index is 1.37. The van der Waals surface area contributed by atoms with Gasteiger partial charge in [-0.2, -0.15) is 0 Å². The quantitative estimate of drug-likeness (QED) is 0.331. The summed E-state index contributed by atoms with van der Waals surface area (Å²) >= 11 is 5.86. The van der Waals surface area contributed by atoms with Gasteiger partial charge in [0.25, 0.3) is 0 Å².